The summed E-state index contributed by atoms with van der Waals surface area (Å²) < 4.78 is 37.8. The molecule has 2 aromatic rings. The van der Waals surface area contributed by atoms with Crippen LogP contribution in [0, 0.1) is 5.82 Å². The fourth-order valence-corrected chi connectivity index (χ4v) is 4.14. The van der Waals surface area contributed by atoms with Crippen molar-refractivity contribution in [2.45, 2.75) is 17.7 Å². The molecule has 6 nitrogen and oxygen atoms in total. The third-order valence-corrected chi connectivity index (χ3v) is 5.74. The monoisotopic (exact) mass is 410 g/mol. The molecule has 0 spiro atoms. The van der Waals surface area contributed by atoms with Crippen molar-refractivity contribution in [3.63, 3.8) is 0 Å². The molecular formula is C18H16ClFN2O4S. The zero-order chi connectivity index (χ0) is 19.8. The van der Waals surface area contributed by atoms with E-state index in [0.717, 1.165) is 12.3 Å². The first-order chi connectivity index (χ1) is 12.7. The standard InChI is InChI=1S/C18H16ClFN2O4S/c1-27(25,26)16-9-11(4-6-13(16)19)18(24)21-12-5-7-15(14(20)10-12)22-8-2-3-17(22)23/h4-7,9-10H,2-3,8H2,1H3,(H,21,24). The van der Waals surface area contributed by atoms with Crippen molar-refractivity contribution in [2.24, 2.45) is 0 Å². The van der Waals surface area contributed by atoms with Gasteiger partial charge in [-0.3, -0.25) is 9.59 Å². The highest BCUT2D eigenvalue weighted by Gasteiger charge is 2.24. The van der Waals surface area contributed by atoms with Gasteiger partial charge in [0.1, 0.15) is 5.82 Å². The van der Waals surface area contributed by atoms with Gasteiger partial charge in [0.25, 0.3) is 5.91 Å². The van der Waals surface area contributed by atoms with E-state index in [1.165, 1.54) is 35.2 Å². The maximum atomic E-state index is 14.4. The van der Waals surface area contributed by atoms with Crippen LogP contribution < -0.4 is 10.2 Å². The molecule has 0 aliphatic carbocycles. The smallest absolute Gasteiger partial charge is 0.255 e. The van der Waals surface area contributed by atoms with E-state index in [2.05, 4.69) is 5.32 Å². The van der Waals surface area contributed by atoms with Gasteiger partial charge in [0.05, 0.1) is 15.6 Å². The molecule has 1 aliphatic heterocycles. The summed E-state index contributed by atoms with van der Waals surface area (Å²) in [6, 6.07) is 7.88. The molecule has 0 saturated carbocycles. The van der Waals surface area contributed by atoms with Crippen LogP contribution in [0.1, 0.15) is 23.2 Å². The molecule has 0 atom stereocenters. The number of carbonyl (C=O) groups excluding carboxylic acids is 2. The van der Waals surface area contributed by atoms with Gasteiger partial charge in [-0.2, -0.15) is 0 Å². The topological polar surface area (TPSA) is 83.6 Å². The summed E-state index contributed by atoms with van der Waals surface area (Å²) >= 11 is 5.87. The van der Waals surface area contributed by atoms with Gasteiger partial charge in [-0.25, -0.2) is 12.8 Å². The molecule has 27 heavy (non-hydrogen) atoms. The fourth-order valence-electron chi connectivity index (χ4n) is 2.84. The Morgan fingerprint density at radius 2 is 1.96 bits per heavy atom. The zero-order valence-electron chi connectivity index (χ0n) is 14.3. The fraction of sp³-hybridized carbons (Fsp3) is 0.222. The Morgan fingerprint density at radius 3 is 2.56 bits per heavy atom. The molecule has 0 bridgehead atoms. The quantitative estimate of drug-likeness (QED) is 0.838. The van der Waals surface area contributed by atoms with Crippen molar-refractivity contribution >= 4 is 44.6 Å². The van der Waals surface area contributed by atoms with Crippen molar-refractivity contribution < 1.29 is 22.4 Å². The van der Waals surface area contributed by atoms with Crippen molar-refractivity contribution in [3.8, 4) is 0 Å². The van der Waals surface area contributed by atoms with E-state index >= 15 is 0 Å². The molecule has 9 heteroatoms. The number of rotatable bonds is 4. The molecule has 1 saturated heterocycles. The van der Waals surface area contributed by atoms with Gasteiger partial charge >= 0.3 is 0 Å². The number of benzene rings is 2. The second-order valence-electron chi connectivity index (χ2n) is 6.19. The van der Waals surface area contributed by atoms with Gasteiger partial charge in [-0.15, -0.1) is 0 Å². The number of nitrogens with zero attached hydrogens (tertiary/aromatic N) is 1. The summed E-state index contributed by atoms with van der Waals surface area (Å²) in [5.74, 6) is -1.38. The first-order valence-electron chi connectivity index (χ1n) is 8.07. The molecule has 2 aromatic carbocycles. The number of anilines is 2. The van der Waals surface area contributed by atoms with Crippen LogP contribution in [0.3, 0.4) is 0 Å². The predicted molar refractivity (Wildman–Crippen MR) is 101 cm³/mol. The molecular weight excluding hydrogens is 395 g/mol. The van der Waals surface area contributed by atoms with Gasteiger partial charge in [0.2, 0.25) is 5.91 Å². The van der Waals surface area contributed by atoms with Crippen LogP contribution in [0.2, 0.25) is 5.02 Å². The third kappa shape index (κ3) is 4.12. The van der Waals surface area contributed by atoms with E-state index in [1.54, 1.807) is 0 Å². The SMILES string of the molecule is CS(=O)(=O)c1cc(C(=O)Nc2ccc(N3CCCC3=O)c(F)c2)ccc1Cl. The lowest BCUT2D eigenvalue weighted by Gasteiger charge is -2.17. The predicted octanol–water partition coefficient (Wildman–Crippen LogP) is 3.26. The molecule has 1 heterocycles. The molecule has 3 rings (SSSR count). The molecule has 1 N–H and O–H groups in total. The van der Waals surface area contributed by atoms with Gasteiger partial charge in [-0.1, -0.05) is 11.6 Å². The highest BCUT2D eigenvalue weighted by Crippen LogP contribution is 2.27. The number of sulfone groups is 1. The summed E-state index contributed by atoms with van der Waals surface area (Å²) in [7, 11) is -3.60. The molecule has 0 unspecified atom stereocenters. The maximum absolute atomic E-state index is 14.4. The normalized spacial score (nSPS) is 14.5. The average Bonchev–Trinajstić information content (AvgIpc) is 3.00. The van der Waals surface area contributed by atoms with Gasteiger partial charge in [-0.05, 0) is 42.8 Å². The number of carbonyl (C=O) groups is 2. The van der Waals surface area contributed by atoms with Crippen LogP contribution in [0.15, 0.2) is 41.3 Å². The Kier molecular flexibility index (Phi) is 5.21. The molecule has 1 fully saturated rings. The lowest BCUT2D eigenvalue weighted by Crippen LogP contribution is -2.24. The highest BCUT2D eigenvalue weighted by molar-refractivity contribution is 7.90. The summed E-state index contributed by atoms with van der Waals surface area (Å²) in [5.41, 5.74) is 0.420. The van der Waals surface area contributed by atoms with E-state index in [1.807, 2.05) is 0 Å². The Morgan fingerprint density at radius 1 is 1.22 bits per heavy atom. The maximum Gasteiger partial charge on any atom is 0.255 e. The second-order valence-corrected chi connectivity index (χ2v) is 8.58. The number of nitrogens with one attached hydrogen (secondary N) is 1. The minimum Gasteiger partial charge on any atom is -0.322 e. The van der Waals surface area contributed by atoms with Crippen molar-refractivity contribution in [1.82, 2.24) is 0 Å². The van der Waals surface area contributed by atoms with Crippen LogP contribution in [-0.4, -0.2) is 33.0 Å². The summed E-state index contributed by atoms with van der Waals surface area (Å²) in [4.78, 5) is 25.3. The van der Waals surface area contributed by atoms with Gasteiger partial charge < -0.3 is 10.2 Å². The minimum atomic E-state index is -3.60. The molecule has 142 valence electrons. The Balaban J connectivity index is 1.82. The van der Waals surface area contributed by atoms with E-state index in [9.17, 15) is 22.4 Å². The third-order valence-electron chi connectivity index (χ3n) is 4.16. The summed E-state index contributed by atoms with van der Waals surface area (Å²) in [6.45, 7) is 0.459. The van der Waals surface area contributed by atoms with E-state index < -0.39 is 21.6 Å². The van der Waals surface area contributed by atoms with Crippen LogP contribution in [0.25, 0.3) is 0 Å². The van der Waals surface area contributed by atoms with Gasteiger partial charge in [0, 0.05) is 30.5 Å². The van der Waals surface area contributed by atoms with Crippen molar-refractivity contribution in [1.29, 1.82) is 0 Å². The van der Waals surface area contributed by atoms with Gasteiger partial charge in [0.15, 0.2) is 9.84 Å². The van der Waals surface area contributed by atoms with Crippen LogP contribution >= 0.6 is 11.6 Å². The minimum absolute atomic E-state index is 0.0136. The van der Waals surface area contributed by atoms with Crippen LogP contribution in [0.5, 0.6) is 0 Å². The average molecular weight is 411 g/mol. The second kappa shape index (κ2) is 7.28. The Labute approximate surface area is 160 Å². The summed E-state index contributed by atoms with van der Waals surface area (Å²) in [5, 5.41) is 2.52. The first kappa shape index (κ1) is 19.3. The number of hydrogen-bond donors (Lipinski definition) is 1. The summed E-state index contributed by atoms with van der Waals surface area (Å²) in [6.07, 6.45) is 2.05. The zero-order valence-corrected chi connectivity index (χ0v) is 15.9. The Hall–Kier alpha value is -2.45. The van der Waals surface area contributed by atoms with E-state index in [0.29, 0.717) is 19.4 Å². The largest absolute Gasteiger partial charge is 0.322 e. The number of amides is 2. The van der Waals surface area contributed by atoms with Crippen LogP contribution in [0.4, 0.5) is 15.8 Å². The molecule has 0 radical (unpaired) electrons. The van der Waals surface area contributed by atoms with Crippen molar-refractivity contribution in [2.75, 3.05) is 23.0 Å². The first-order valence-corrected chi connectivity index (χ1v) is 10.3. The number of halogens is 2. The van der Waals surface area contributed by atoms with Crippen LogP contribution in [-0.2, 0) is 14.6 Å². The molecule has 2 amide bonds. The van der Waals surface area contributed by atoms with E-state index in [-0.39, 0.29) is 32.8 Å². The molecule has 0 aromatic heterocycles. The Bertz CT molecular complexity index is 1040. The highest BCUT2D eigenvalue weighted by atomic mass is 35.5. The number of hydrogen-bond acceptors (Lipinski definition) is 4. The lowest BCUT2D eigenvalue weighted by atomic mass is 10.2. The lowest BCUT2D eigenvalue weighted by molar-refractivity contribution is -0.117. The molecule has 1 aliphatic rings. The van der Waals surface area contributed by atoms with Crippen molar-refractivity contribution in [3.05, 3.63) is 52.8 Å². The van der Waals surface area contributed by atoms with E-state index in [4.69, 9.17) is 11.6 Å².